The van der Waals surface area contributed by atoms with E-state index in [-0.39, 0.29) is 12.1 Å². The fourth-order valence-electron chi connectivity index (χ4n) is 1.61. The Morgan fingerprint density at radius 1 is 1.40 bits per heavy atom. The average molecular weight is 206 g/mol. The van der Waals surface area contributed by atoms with Crippen LogP contribution in [0.1, 0.15) is 12.8 Å². The van der Waals surface area contributed by atoms with Crippen molar-refractivity contribution in [1.82, 2.24) is 5.32 Å². The highest BCUT2D eigenvalue weighted by Gasteiger charge is 2.19. The minimum atomic E-state index is 0.0610. The molecular formula is C11H14N2O2. The molecule has 1 aliphatic heterocycles. The summed E-state index contributed by atoms with van der Waals surface area (Å²) >= 11 is 0. The summed E-state index contributed by atoms with van der Waals surface area (Å²) in [7, 11) is 1.64. The van der Waals surface area contributed by atoms with Crippen LogP contribution in [0.4, 0.5) is 5.69 Å². The van der Waals surface area contributed by atoms with E-state index in [4.69, 9.17) is 4.74 Å². The van der Waals surface area contributed by atoms with Crippen molar-refractivity contribution in [3.8, 4) is 5.75 Å². The van der Waals surface area contributed by atoms with Gasteiger partial charge in [0.2, 0.25) is 5.91 Å². The molecule has 80 valence electrons. The average Bonchev–Trinajstić information content (AvgIpc) is 2.65. The van der Waals surface area contributed by atoms with Crippen LogP contribution in [0, 0.1) is 0 Å². The lowest BCUT2D eigenvalue weighted by molar-refractivity contribution is -0.119. The topological polar surface area (TPSA) is 50.4 Å². The molecule has 1 amide bonds. The van der Waals surface area contributed by atoms with Gasteiger partial charge in [-0.25, -0.2) is 0 Å². The van der Waals surface area contributed by atoms with Crippen LogP contribution < -0.4 is 15.4 Å². The third-order valence-corrected chi connectivity index (χ3v) is 2.43. The summed E-state index contributed by atoms with van der Waals surface area (Å²) in [6.45, 7) is 0. The quantitative estimate of drug-likeness (QED) is 0.784. The van der Waals surface area contributed by atoms with E-state index in [2.05, 4.69) is 10.6 Å². The van der Waals surface area contributed by atoms with Crippen molar-refractivity contribution in [2.75, 3.05) is 12.4 Å². The highest BCUT2D eigenvalue weighted by Crippen LogP contribution is 2.17. The number of anilines is 1. The van der Waals surface area contributed by atoms with Gasteiger partial charge in [0.05, 0.1) is 13.3 Å². The minimum Gasteiger partial charge on any atom is -0.497 e. The molecule has 0 radical (unpaired) electrons. The largest absolute Gasteiger partial charge is 0.497 e. The van der Waals surface area contributed by atoms with Gasteiger partial charge in [0.1, 0.15) is 5.75 Å². The summed E-state index contributed by atoms with van der Waals surface area (Å²) in [6, 6.07) is 7.64. The fraction of sp³-hybridized carbons (Fsp3) is 0.364. The van der Waals surface area contributed by atoms with Crippen molar-refractivity contribution >= 4 is 11.6 Å². The van der Waals surface area contributed by atoms with Gasteiger partial charge < -0.3 is 15.4 Å². The van der Waals surface area contributed by atoms with E-state index in [1.54, 1.807) is 7.11 Å². The lowest BCUT2D eigenvalue weighted by Crippen LogP contribution is -2.32. The Morgan fingerprint density at radius 2 is 2.13 bits per heavy atom. The van der Waals surface area contributed by atoms with Gasteiger partial charge >= 0.3 is 0 Å². The molecule has 1 atom stereocenters. The number of amides is 1. The van der Waals surface area contributed by atoms with Gasteiger partial charge in [-0.15, -0.1) is 0 Å². The zero-order valence-electron chi connectivity index (χ0n) is 8.62. The molecule has 1 fully saturated rings. The second-order valence-corrected chi connectivity index (χ2v) is 3.53. The Morgan fingerprint density at radius 3 is 2.67 bits per heavy atom. The maximum absolute atomic E-state index is 11.0. The van der Waals surface area contributed by atoms with Gasteiger partial charge in [0.15, 0.2) is 0 Å². The van der Waals surface area contributed by atoms with Crippen molar-refractivity contribution in [2.45, 2.75) is 19.0 Å². The van der Waals surface area contributed by atoms with Gasteiger partial charge in [0.25, 0.3) is 0 Å². The summed E-state index contributed by atoms with van der Waals surface area (Å²) in [4.78, 5) is 11.0. The van der Waals surface area contributed by atoms with Gasteiger partial charge in [0, 0.05) is 12.1 Å². The molecule has 4 heteroatoms. The molecule has 1 unspecified atom stereocenters. The van der Waals surface area contributed by atoms with Crippen molar-refractivity contribution < 1.29 is 9.53 Å². The van der Waals surface area contributed by atoms with Gasteiger partial charge in [-0.3, -0.25) is 4.79 Å². The van der Waals surface area contributed by atoms with Gasteiger partial charge in [-0.05, 0) is 30.7 Å². The molecule has 0 saturated carbocycles. The molecule has 1 aromatic rings. The molecule has 1 saturated heterocycles. The fourth-order valence-corrected chi connectivity index (χ4v) is 1.61. The molecule has 0 bridgehead atoms. The normalized spacial score (nSPS) is 19.8. The molecule has 0 aliphatic carbocycles. The van der Waals surface area contributed by atoms with E-state index in [1.165, 1.54) is 0 Å². The van der Waals surface area contributed by atoms with Crippen molar-refractivity contribution in [2.24, 2.45) is 0 Å². The van der Waals surface area contributed by atoms with Crippen molar-refractivity contribution in [3.05, 3.63) is 24.3 Å². The summed E-state index contributed by atoms with van der Waals surface area (Å²) in [5.74, 6) is 0.942. The second kappa shape index (κ2) is 4.21. The maximum Gasteiger partial charge on any atom is 0.221 e. The van der Waals surface area contributed by atoms with Crippen LogP contribution >= 0.6 is 0 Å². The first-order valence-electron chi connectivity index (χ1n) is 4.98. The molecule has 15 heavy (non-hydrogen) atoms. The van der Waals surface area contributed by atoms with Crippen LogP contribution in [-0.2, 0) is 4.79 Å². The van der Waals surface area contributed by atoms with Crippen LogP contribution in [0.3, 0.4) is 0 Å². The molecule has 1 aromatic carbocycles. The Kier molecular flexibility index (Phi) is 2.76. The molecule has 0 spiro atoms. The van der Waals surface area contributed by atoms with Crippen molar-refractivity contribution in [3.63, 3.8) is 0 Å². The monoisotopic (exact) mass is 206 g/mol. The van der Waals surface area contributed by atoms with E-state index < -0.39 is 0 Å². The van der Waals surface area contributed by atoms with Crippen molar-refractivity contribution in [1.29, 1.82) is 0 Å². The first-order chi connectivity index (χ1) is 7.28. The molecule has 4 nitrogen and oxygen atoms in total. The highest BCUT2D eigenvalue weighted by atomic mass is 16.5. The van der Waals surface area contributed by atoms with E-state index in [0.29, 0.717) is 6.42 Å². The number of hydrogen-bond donors (Lipinski definition) is 2. The number of ether oxygens (including phenoxy) is 1. The van der Waals surface area contributed by atoms with Gasteiger partial charge in [-0.1, -0.05) is 0 Å². The van der Waals surface area contributed by atoms with E-state index in [1.807, 2.05) is 24.3 Å². The number of benzene rings is 1. The lowest BCUT2D eigenvalue weighted by Gasteiger charge is -2.13. The van der Waals surface area contributed by atoms with E-state index >= 15 is 0 Å². The number of carbonyl (C=O) groups is 1. The first kappa shape index (κ1) is 9.83. The third kappa shape index (κ3) is 2.40. The predicted octanol–water partition coefficient (Wildman–Crippen LogP) is 1.34. The summed E-state index contributed by atoms with van der Waals surface area (Å²) in [5.41, 5.74) is 0.989. The number of nitrogens with one attached hydrogen (secondary N) is 2. The number of methoxy groups -OCH3 is 1. The lowest BCUT2D eigenvalue weighted by atomic mass is 10.2. The molecule has 2 N–H and O–H groups in total. The minimum absolute atomic E-state index is 0.0610. The molecule has 1 heterocycles. The zero-order chi connectivity index (χ0) is 10.7. The SMILES string of the molecule is COc1ccc(NC2CCC(=O)N2)cc1. The summed E-state index contributed by atoms with van der Waals surface area (Å²) < 4.78 is 5.06. The summed E-state index contributed by atoms with van der Waals surface area (Å²) in [6.07, 6.45) is 1.50. The van der Waals surface area contributed by atoms with E-state index in [9.17, 15) is 4.79 Å². The predicted molar refractivity (Wildman–Crippen MR) is 57.8 cm³/mol. The van der Waals surface area contributed by atoms with E-state index in [0.717, 1.165) is 17.9 Å². The Labute approximate surface area is 88.6 Å². The molecular weight excluding hydrogens is 192 g/mol. The van der Waals surface area contributed by atoms with Crippen LogP contribution in [0.5, 0.6) is 5.75 Å². The Balaban J connectivity index is 1.96. The Hall–Kier alpha value is -1.71. The first-order valence-corrected chi connectivity index (χ1v) is 4.98. The molecule has 1 aliphatic rings. The van der Waals surface area contributed by atoms with Crippen LogP contribution in [0.2, 0.25) is 0 Å². The summed E-state index contributed by atoms with van der Waals surface area (Å²) in [5, 5.41) is 6.08. The standard InChI is InChI=1S/C11H14N2O2/c1-15-9-4-2-8(3-5-9)12-10-6-7-11(14)13-10/h2-5,10,12H,6-7H2,1H3,(H,13,14). The molecule has 2 rings (SSSR count). The van der Waals surface area contributed by atoms with Crippen LogP contribution in [0.25, 0.3) is 0 Å². The van der Waals surface area contributed by atoms with Crippen LogP contribution in [-0.4, -0.2) is 19.2 Å². The highest BCUT2D eigenvalue weighted by molar-refractivity contribution is 5.79. The maximum atomic E-state index is 11.0. The zero-order valence-corrected chi connectivity index (χ0v) is 8.62. The Bertz CT molecular complexity index is 348. The smallest absolute Gasteiger partial charge is 0.221 e. The number of carbonyl (C=O) groups excluding carboxylic acids is 1. The number of hydrogen-bond acceptors (Lipinski definition) is 3. The molecule has 0 aromatic heterocycles. The third-order valence-electron chi connectivity index (χ3n) is 2.43. The van der Waals surface area contributed by atoms with Crippen LogP contribution in [0.15, 0.2) is 24.3 Å². The van der Waals surface area contributed by atoms with Gasteiger partial charge in [-0.2, -0.15) is 0 Å². The number of rotatable bonds is 3. The second-order valence-electron chi connectivity index (χ2n) is 3.53.